The molecule has 238 valence electrons. The normalized spacial score (nSPS) is 14.8. The van der Waals surface area contributed by atoms with Gasteiger partial charge >= 0.3 is 0 Å². The second-order valence-corrected chi connectivity index (χ2v) is 13.8. The smallest absolute Gasteiger partial charge is 0.226 e. The van der Waals surface area contributed by atoms with Crippen LogP contribution in [-0.2, 0) is 21.1 Å². The molecule has 1 aliphatic heterocycles. The van der Waals surface area contributed by atoms with Gasteiger partial charge < -0.3 is 24.2 Å². The van der Waals surface area contributed by atoms with Crippen molar-refractivity contribution in [2.24, 2.45) is 5.92 Å². The van der Waals surface area contributed by atoms with Crippen LogP contribution in [0, 0.1) is 5.92 Å². The first-order valence-corrected chi connectivity index (χ1v) is 17.4. The zero-order valence-electron chi connectivity index (χ0n) is 26.3. The molecule has 0 spiro atoms. The number of hydrogen-bond acceptors (Lipinski definition) is 7. The summed E-state index contributed by atoms with van der Waals surface area (Å²) in [5.74, 6) is 3.25. The first-order valence-electron chi connectivity index (χ1n) is 15.5. The van der Waals surface area contributed by atoms with Gasteiger partial charge in [0.15, 0.2) is 9.84 Å². The molecule has 1 aliphatic rings. The highest BCUT2D eigenvalue weighted by Gasteiger charge is 2.35. The fourth-order valence-corrected chi connectivity index (χ4v) is 6.11. The number of benzene rings is 3. The Hall–Kier alpha value is -3.56. The molecule has 3 aromatic carbocycles. The van der Waals surface area contributed by atoms with Gasteiger partial charge in [-0.2, -0.15) is 0 Å². The summed E-state index contributed by atoms with van der Waals surface area (Å²) in [6.07, 6.45) is 6.24. The molecule has 0 unspecified atom stereocenters. The molecule has 1 heterocycles. The Labute approximate surface area is 261 Å². The van der Waals surface area contributed by atoms with Crippen molar-refractivity contribution in [3.63, 3.8) is 0 Å². The van der Waals surface area contributed by atoms with Crippen LogP contribution in [0.4, 0.5) is 0 Å². The number of likely N-dealkylation sites (tertiary alicyclic amines) is 1. The average Bonchev–Trinajstić information content (AvgIpc) is 2.99. The first kappa shape index (κ1) is 33.3. The highest BCUT2D eigenvalue weighted by molar-refractivity contribution is 7.90. The standard InChI is InChI=1S/C35H45NO7S/c1-5-20-41-28-8-10-29(11-9-28)42-31-21-27(22-32(24-31)43-30-12-14-33(15-13-30)44(4,39)40)23-34(37)36-18-16-35(38,17-19-36)25-26(6-2)7-3/h8-15,21-22,24,26,38H,5-7,16-20,23,25H2,1-4H3. The van der Waals surface area contributed by atoms with Gasteiger partial charge in [0.1, 0.15) is 28.7 Å². The lowest BCUT2D eigenvalue weighted by molar-refractivity contribution is -0.135. The lowest BCUT2D eigenvalue weighted by Crippen LogP contribution is -2.47. The number of nitrogens with zero attached hydrogens (tertiary/aromatic N) is 1. The van der Waals surface area contributed by atoms with Crippen LogP contribution in [0.1, 0.15) is 64.9 Å². The average molecular weight is 624 g/mol. The van der Waals surface area contributed by atoms with Gasteiger partial charge in [0.25, 0.3) is 0 Å². The summed E-state index contributed by atoms with van der Waals surface area (Å²) in [6.45, 7) is 8.05. The molecule has 3 aromatic rings. The predicted molar refractivity (Wildman–Crippen MR) is 172 cm³/mol. The van der Waals surface area contributed by atoms with Crippen molar-refractivity contribution in [1.82, 2.24) is 4.90 Å². The van der Waals surface area contributed by atoms with Gasteiger partial charge in [0.2, 0.25) is 5.91 Å². The van der Waals surface area contributed by atoms with Crippen molar-refractivity contribution in [3.8, 4) is 28.7 Å². The van der Waals surface area contributed by atoms with E-state index in [-0.39, 0.29) is 17.2 Å². The third-order valence-corrected chi connectivity index (χ3v) is 9.31. The Balaban J connectivity index is 1.50. The van der Waals surface area contributed by atoms with E-state index in [1.807, 2.05) is 35.2 Å². The number of carbonyl (C=O) groups excluding carboxylic acids is 1. The van der Waals surface area contributed by atoms with Gasteiger partial charge in [-0.3, -0.25) is 4.79 Å². The quantitative estimate of drug-likeness (QED) is 0.203. The molecular weight excluding hydrogens is 578 g/mol. The Bertz CT molecular complexity index is 1470. The number of ether oxygens (including phenoxy) is 3. The Morgan fingerprint density at radius 3 is 1.86 bits per heavy atom. The first-order chi connectivity index (χ1) is 21.0. The molecule has 1 saturated heterocycles. The van der Waals surface area contributed by atoms with Crippen molar-refractivity contribution in [1.29, 1.82) is 0 Å². The van der Waals surface area contributed by atoms with Crippen LogP contribution in [0.15, 0.2) is 71.6 Å². The maximum Gasteiger partial charge on any atom is 0.226 e. The third kappa shape index (κ3) is 9.47. The summed E-state index contributed by atoms with van der Waals surface area (Å²) in [7, 11) is -3.33. The molecule has 1 amide bonds. The maximum atomic E-state index is 13.4. The van der Waals surface area contributed by atoms with Crippen LogP contribution in [-0.4, -0.2) is 55.9 Å². The largest absolute Gasteiger partial charge is 0.494 e. The van der Waals surface area contributed by atoms with Crippen LogP contribution < -0.4 is 14.2 Å². The number of rotatable bonds is 14. The van der Waals surface area contributed by atoms with E-state index >= 15 is 0 Å². The monoisotopic (exact) mass is 623 g/mol. The van der Waals surface area contributed by atoms with Crippen LogP contribution in [0.2, 0.25) is 0 Å². The molecule has 4 rings (SSSR count). The maximum absolute atomic E-state index is 13.4. The van der Waals surface area contributed by atoms with E-state index in [0.29, 0.717) is 61.5 Å². The topological polar surface area (TPSA) is 102 Å². The summed E-state index contributed by atoms with van der Waals surface area (Å²) in [5.41, 5.74) is 0.00229. The molecule has 0 aliphatic carbocycles. The van der Waals surface area contributed by atoms with Crippen molar-refractivity contribution in [2.75, 3.05) is 26.0 Å². The van der Waals surface area contributed by atoms with E-state index in [1.165, 1.54) is 12.1 Å². The lowest BCUT2D eigenvalue weighted by Gasteiger charge is -2.40. The predicted octanol–water partition coefficient (Wildman–Crippen LogP) is 7.19. The minimum atomic E-state index is -3.33. The molecule has 8 nitrogen and oxygen atoms in total. The molecule has 0 aromatic heterocycles. The minimum absolute atomic E-state index is 0.0207. The zero-order chi connectivity index (χ0) is 31.7. The summed E-state index contributed by atoms with van der Waals surface area (Å²) < 4.78 is 41.6. The fourth-order valence-electron chi connectivity index (χ4n) is 5.48. The summed E-state index contributed by atoms with van der Waals surface area (Å²) in [6, 6.07) is 18.9. The Kier molecular flexibility index (Phi) is 11.3. The van der Waals surface area contributed by atoms with E-state index in [0.717, 1.165) is 43.3 Å². The molecule has 0 saturated carbocycles. The van der Waals surface area contributed by atoms with E-state index in [1.54, 1.807) is 24.3 Å². The van der Waals surface area contributed by atoms with Crippen LogP contribution >= 0.6 is 0 Å². The summed E-state index contributed by atoms with van der Waals surface area (Å²) in [5, 5.41) is 11.2. The minimum Gasteiger partial charge on any atom is -0.494 e. The van der Waals surface area contributed by atoms with Gasteiger partial charge in [-0.15, -0.1) is 0 Å². The number of hydrogen-bond donors (Lipinski definition) is 1. The number of sulfone groups is 1. The highest BCUT2D eigenvalue weighted by Crippen LogP contribution is 2.34. The second-order valence-electron chi connectivity index (χ2n) is 11.7. The van der Waals surface area contributed by atoms with Gasteiger partial charge in [0, 0.05) is 25.4 Å². The summed E-state index contributed by atoms with van der Waals surface area (Å²) >= 11 is 0. The zero-order valence-corrected chi connectivity index (χ0v) is 27.1. The van der Waals surface area contributed by atoms with Crippen LogP contribution in [0.25, 0.3) is 0 Å². The highest BCUT2D eigenvalue weighted by atomic mass is 32.2. The molecule has 0 atom stereocenters. The molecule has 0 radical (unpaired) electrons. The SMILES string of the molecule is CCCOc1ccc(Oc2cc(CC(=O)N3CCC(O)(CC(CC)CC)CC3)cc(Oc3ccc(S(C)(=O)=O)cc3)c2)cc1. The van der Waals surface area contributed by atoms with Crippen molar-refractivity contribution < 1.29 is 32.5 Å². The van der Waals surface area contributed by atoms with Gasteiger partial charge in [-0.25, -0.2) is 8.42 Å². The van der Waals surface area contributed by atoms with Crippen LogP contribution in [0.5, 0.6) is 28.7 Å². The number of piperidine rings is 1. The molecular formula is C35H45NO7S. The Morgan fingerprint density at radius 2 is 1.36 bits per heavy atom. The summed E-state index contributed by atoms with van der Waals surface area (Å²) in [4.78, 5) is 15.4. The molecule has 44 heavy (non-hydrogen) atoms. The van der Waals surface area contributed by atoms with Gasteiger partial charge in [-0.05, 0) is 97.8 Å². The lowest BCUT2D eigenvalue weighted by atomic mass is 9.81. The molecule has 1 fully saturated rings. The van der Waals surface area contributed by atoms with Crippen LogP contribution in [0.3, 0.4) is 0 Å². The van der Waals surface area contributed by atoms with Crippen molar-refractivity contribution in [2.45, 2.75) is 76.2 Å². The molecule has 9 heteroatoms. The van der Waals surface area contributed by atoms with E-state index in [9.17, 15) is 18.3 Å². The number of carbonyl (C=O) groups is 1. The second kappa shape index (κ2) is 14.9. The van der Waals surface area contributed by atoms with Gasteiger partial charge in [0.05, 0.1) is 23.5 Å². The van der Waals surface area contributed by atoms with Crippen molar-refractivity contribution >= 4 is 15.7 Å². The molecule has 1 N–H and O–H groups in total. The number of amides is 1. The van der Waals surface area contributed by atoms with E-state index < -0.39 is 15.4 Å². The molecule has 0 bridgehead atoms. The van der Waals surface area contributed by atoms with E-state index in [4.69, 9.17) is 14.2 Å². The van der Waals surface area contributed by atoms with Crippen molar-refractivity contribution in [3.05, 3.63) is 72.3 Å². The Morgan fingerprint density at radius 1 is 0.841 bits per heavy atom. The van der Waals surface area contributed by atoms with E-state index in [2.05, 4.69) is 20.8 Å². The fraction of sp³-hybridized carbons (Fsp3) is 0.457. The number of aliphatic hydroxyl groups is 1. The van der Waals surface area contributed by atoms with Gasteiger partial charge in [-0.1, -0.05) is 33.6 Å². The third-order valence-electron chi connectivity index (χ3n) is 8.19.